The van der Waals surface area contributed by atoms with Crippen LogP contribution in [-0.4, -0.2) is 48.3 Å². The van der Waals surface area contributed by atoms with E-state index in [1.54, 1.807) is 24.3 Å². The van der Waals surface area contributed by atoms with Gasteiger partial charge in [-0.15, -0.1) is 0 Å². The van der Waals surface area contributed by atoms with Crippen LogP contribution in [0, 0.1) is 0 Å². The highest BCUT2D eigenvalue weighted by atomic mass is 16.2. The molecule has 0 radical (unpaired) electrons. The van der Waals surface area contributed by atoms with Crippen LogP contribution in [0.2, 0.25) is 0 Å². The highest BCUT2D eigenvalue weighted by Crippen LogP contribution is 2.25. The van der Waals surface area contributed by atoms with Crippen LogP contribution < -0.4 is 10.6 Å². The lowest BCUT2D eigenvalue weighted by Crippen LogP contribution is -2.63. The van der Waals surface area contributed by atoms with E-state index in [2.05, 4.69) is 10.6 Å². The Hall–Kier alpha value is -2.21. The molecule has 1 aromatic carbocycles. The van der Waals surface area contributed by atoms with Gasteiger partial charge in [-0.3, -0.25) is 19.3 Å². The van der Waals surface area contributed by atoms with Crippen molar-refractivity contribution in [2.24, 2.45) is 0 Å². The third-order valence-electron chi connectivity index (χ3n) is 3.87. The van der Waals surface area contributed by atoms with Crippen molar-refractivity contribution >= 4 is 17.7 Å². The molecule has 0 saturated carbocycles. The summed E-state index contributed by atoms with van der Waals surface area (Å²) >= 11 is 0. The second-order valence-corrected chi connectivity index (χ2v) is 5.24. The summed E-state index contributed by atoms with van der Waals surface area (Å²) in [6, 6.07) is 5.98. The highest BCUT2D eigenvalue weighted by Gasteiger charge is 2.45. The molecule has 6 heteroatoms. The SMILES string of the molecule is C1CCNC1.O=C1NC[C@@H]1N1C(=O)c2ccccc2C1=O. The minimum Gasteiger partial charge on any atom is -0.352 e. The fourth-order valence-electron chi connectivity index (χ4n) is 2.60. The van der Waals surface area contributed by atoms with Gasteiger partial charge in [0.2, 0.25) is 5.91 Å². The van der Waals surface area contributed by atoms with Crippen LogP contribution in [0.25, 0.3) is 0 Å². The Morgan fingerprint density at radius 1 is 0.952 bits per heavy atom. The number of carbonyl (C=O) groups excluding carboxylic acids is 3. The van der Waals surface area contributed by atoms with Crippen molar-refractivity contribution in [2.45, 2.75) is 18.9 Å². The van der Waals surface area contributed by atoms with Gasteiger partial charge in [-0.05, 0) is 38.1 Å². The standard InChI is InChI=1S/C11H8N2O3.C4H9N/c14-9-8(5-12-9)13-10(15)6-3-1-2-4-7(6)11(13)16;1-2-4-5-3-1/h1-4,8H,5H2,(H,12,14);5H,1-4H2/t8-;/m0./s1. The average molecular weight is 287 g/mol. The van der Waals surface area contributed by atoms with E-state index in [0.717, 1.165) is 4.90 Å². The number of hydrogen-bond donors (Lipinski definition) is 2. The molecular formula is C15H17N3O3. The van der Waals surface area contributed by atoms with Crippen molar-refractivity contribution in [3.05, 3.63) is 35.4 Å². The lowest BCUT2D eigenvalue weighted by atomic mass is 10.1. The normalized spacial score (nSPS) is 23.1. The minimum atomic E-state index is -0.632. The van der Waals surface area contributed by atoms with E-state index in [4.69, 9.17) is 0 Å². The van der Waals surface area contributed by atoms with Gasteiger partial charge >= 0.3 is 0 Å². The number of imide groups is 1. The molecule has 2 saturated heterocycles. The number of nitrogens with zero attached hydrogens (tertiary/aromatic N) is 1. The zero-order valence-electron chi connectivity index (χ0n) is 11.6. The van der Waals surface area contributed by atoms with E-state index in [0.29, 0.717) is 17.7 Å². The largest absolute Gasteiger partial charge is 0.352 e. The second kappa shape index (κ2) is 5.65. The van der Waals surface area contributed by atoms with Gasteiger partial charge in [0.25, 0.3) is 11.8 Å². The van der Waals surface area contributed by atoms with Gasteiger partial charge in [0, 0.05) is 6.54 Å². The van der Waals surface area contributed by atoms with Gasteiger partial charge in [0.05, 0.1) is 11.1 Å². The van der Waals surface area contributed by atoms with Crippen LogP contribution in [0.1, 0.15) is 33.6 Å². The minimum absolute atomic E-state index is 0.269. The van der Waals surface area contributed by atoms with Gasteiger partial charge in [-0.2, -0.15) is 0 Å². The highest BCUT2D eigenvalue weighted by molar-refractivity contribution is 6.23. The summed E-state index contributed by atoms with van der Waals surface area (Å²) in [6.45, 7) is 2.85. The van der Waals surface area contributed by atoms with E-state index in [1.807, 2.05) is 0 Å². The Morgan fingerprint density at radius 3 is 1.86 bits per heavy atom. The Kier molecular flexibility index (Phi) is 3.70. The third-order valence-corrected chi connectivity index (χ3v) is 3.87. The summed E-state index contributed by atoms with van der Waals surface area (Å²) in [5.41, 5.74) is 0.763. The molecule has 110 valence electrons. The fourth-order valence-corrected chi connectivity index (χ4v) is 2.60. The molecule has 0 spiro atoms. The number of β-lactam (4-membered cyclic amide) rings is 1. The fraction of sp³-hybridized carbons (Fsp3) is 0.400. The molecule has 0 unspecified atom stereocenters. The molecule has 6 nitrogen and oxygen atoms in total. The number of fused-ring (bicyclic) bond motifs is 1. The second-order valence-electron chi connectivity index (χ2n) is 5.24. The lowest BCUT2D eigenvalue weighted by Gasteiger charge is -2.32. The maximum absolute atomic E-state index is 11.9. The van der Waals surface area contributed by atoms with Crippen molar-refractivity contribution in [3.63, 3.8) is 0 Å². The molecular weight excluding hydrogens is 270 g/mol. The van der Waals surface area contributed by atoms with E-state index in [1.165, 1.54) is 25.9 Å². The van der Waals surface area contributed by atoms with Gasteiger partial charge in [-0.25, -0.2) is 0 Å². The molecule has 0 bridgehead atoms. The van der Waals surface area contributed by atoms with E-state index >= 15 is 0 Å². The Labute approximate surface area is 122 Å². The number of nitrogens with one attached hydrogen (secondary N) is 2. The predicted molar refractivity (Wildman–Crippen MR) is 75.8 cm³/mol. The van der Waals surface area contributed by atoms with Crippen LogP contribution in [0.5, 0.6) is 0 Å². The molecule has 2 fully saturated rings. The Bertz CT molecular complexity index is 553. The first-order chi connectivity index (χ1) is 10.2. The number of benzene rings is 1. The predicted octanol–water partition coefficient (Wildman–Crippen LogP) is 0.151. The van der Waals surface area contributed by atoms with Crippen LogP contribution >= 0.6 is 0 Å². The molecule has 1 atom stereocenters. The van der Waals surface area contributed by atoms with Gasteiger partial charge in [0.1, 0.15) is 6.04 Å². The first kappa shape index (κ1) is 13.8. The summed E-state index contributed by atoms with van der Waals surface area (Å²) in [5.74, 6) is -1.02. The molecule has 0 aromatic heterocycles. The summed E-state index contributed by atoms with van der Waals surface area (Å²) in [4.78, 5) is 36.1. The zero-order valence-corrected chi connectivity index (χ0v) is 11.6. The van der Waals surface area contributed by atoms with Crippen molar-refractivity contribution in [1.82, 2.24) is 15.5 Å². The van der Waals surface area contributed by atoms with Crippen LogP contribution in [0.4, 0.5) is 0 Å². The topological polar surface area (TPSA) is 78.5 Å². The third kappa shape index (κ3) is 2.42. The van der Waals surface area contributed by atoms with Crippen LogP contribution in [0.3, 0.4) is 0 Å². The summed E-state index contributed by atoms with van der Waals surface area (Å²) in [5, 5.41) is 5.74. The summed E-state index contributed by atoms with van der Waals surface area (Å²) in [7, 11) is 0. The van der Waals surface area contributed by atoms with Crippen molar-refractivity contribution < 1.29 is 14.4 Å². The Balaban J connectivity index is 0.000000225. The van der Waals surface area contributed by atoms with E-state index in [-0.39, 0.29) is 17.7 Å². The van der Waals surface area contributed by atoms with Crippen molar-refractivity contribution in [1.29, 1.82) is 0 Å². The molecule has 3 aliphatic rings. The van der Waals surface area contributed by atoms with Crippen molar-refractivity contribution in [2.75, 3.05) is 19.6 Å². The Morgan fingerprint density at radius 2 is 1.52 bits per heavy atom. The first-order valence-corrected chi connectivity index (χ1v) is 7.15. The number of rotatable bonds is 1. The van der Waals surface area contributed by atoms with Crippen LogP contribution in [0.15, 0.2) is 24.3 Å². The molecule has 3 aliphatic heterocycles. The summed E-state index contributed by atoms with van der Waals surface area (Å²) < 4.78 is 0. The molecule has 3 amide bonds. The van der Waals surface area contributed by atoms with E-state index < -0.39 is 6.04 Å². The number of carbonyl (C=O) groups is 3. The lowest BCUT2D eigenvalue weighted by molar-refractivity contribution is -0.130. The maximum atomic E-state index is 11.9. The van der Waals surface area contributed by atoms with Gasteiger partial charge in [-0.1, -0.05) is 12.1 Å². The molecule has 21 heavy (non-hydrogen) atoms. The number of hydrogen-bond acceptors (Lipinski definition) is 4. The zero-order chi connectivity index (χ0) is 14.8. The maximum Gasteiger partial charge on any atom is 0.262 e. The average Bonchev–Trinajstić information content (AvgIpc) is 3.14. The molecule has 4 rings (SSSR count). The van der Waals surface area contributed by atoms with Crippen LogP contribution in [-0.2, 0) is 4.79 Å². The first-order valence-electron chi connectivity index (χ1n) is 7.15. The quantitative estimate of drug-likeness (QED) is 0.569. The smallest absolute Gasteiger partial charge is 0.262 e. The number of amides is 3. The monoisotopic (exact) mass is 287 g/mol. The van der Waals surface area contributed by atoms with E-state index in [9.17, 15) is 14.4 Å². The van der Waals surface area contributed by atoms with Gasteiger partial charge < -0.3 is 10.6 Å². The molecule has 3 heterocycles. The molecule has 0 aliphatic carbocycles. The van der Waals surface area contributed by atoms with Crippen molar-refractivity contribution in [3.8, 4) is 0 Å². The van der Waals surface area contributed by atoms with Gasteiger partial charge in [0.15, 0.2) is 0 Å². The molecule has 2 N–H and O–H groups in total. The molecule has 1 aromatic rings. The summed E-state index contributed by atoms with van der Waals surface area (Å²) in [6.07, 6.45) is 2.78.